The first kappa shape index (κ1) is 17.2. The van der Waals surface area contributed by atoms with Crippen molar-refractivity contribution in [2.75, 3.05) is 4.31 Å². The van der Waals surface area contributed by atoms with Crippen LogP contribution in [0.3, 0.4) is 0 Å². The number of aryl methyl sites for hydroxylation is 2. The van der Waals surface area contributed by atoms with Gasteiger partial charge in [0.25, 0.3) is 0 Å². The van der Waals surface area contributed by atoms with Crippen LogP contribution in [-0.4, -0.2) is 22.8 Å². The Morgan fingerprint density at radius 1 is 0.778 bits per heavy atom. The van der Waals surface area contributed by atoms with Gasteiger partial charge in [0.2, 0.25) is 0 Å². The van der Waals surface area contributed by atoms with Crippen molar-refractivity contribution in [1.29, 1.82) is 0 Å². The number of hydrogen-bond acceptors (Lipinski definition) is 4. The smallest absolute Gasteiger partial charge is 0.220 e. The third-order valence-corrected chi connectivity index (χ3v) is 5.90. The van der Waals surface area contributed by atoms with Crippen molar-refractivity contribution in [3.8, 4) is 0 Å². The van der Waals surface area contributed by atoms with E-state index in [1.54, 1.807) is 48.5 Å². The zero-order valence-electron chi connectivity index (χ0n) is 14.9. The molecule has 0 aliphatic heterocycles. The monoisotopic (exact) mass is 378 g/mol. The lowest BCUT2D eigenvalue weighted by atomic mass is 10.2. The predicted octanol–water partition coefficient (Wildman–Crippen LogP) is 3.98. The van der Waals surface area contributed by atoms with Gasteiger partial charge in [0.1, 0.15) is 11.0 Å². The lowest BCUT2D eigenvalue weighted by molar-refractivity contribution is 0.579. The molecule has 1 aromatic heterocycles. The van der Waals surface area contributed by atoms with Crippen molar-refractivity contribution in [1.82, 2.24) is 14.4 Å². The normalized spacial score (nSPS) is 11.6. The summed E-state index contributed by atoms with van der Waals surface area (Å²) in [5.74, 6) is 0. The summed E-state index contributed by atoms with van der Waals surface area (Å²) < 4.78 is 29.4. The average molecular weight is 378 g/mol. The van der Waals surface area contributed by atoms with E-state index in [4.69, 9.17) is 0 Å². The molecule has 0 saturated carbocycles. The van der Waals surface area contributed by atoms with Crippen LogP contribution in [-0.2, 0) is 10.2 Å². The standard InChI is InChI=1S/C20H18N4O2S/c1-15-7-11-17(12-8-15)23(18-13-9-16(2)10-14-18)27(25,26)24-20-6-4-3-5-19(20)21-22-24/h3-14H,1-2H3. The topological polar surface area (TPSA) is 68.1 Å². The van der Waals surface area contributed by atoms with Crippen molar-refractivity contribution in [3.63, 3.8) is 0 Å². The molecule has 0 unspecified atom stereocenters. The van der Waals surface area contributed by atoms with Crippen LogP contribution in [0.2, 0.25) is 0 Å². The molecule has 0 bridgehead atoms. The Kier molecular flexibility index (Phi) is 4.16. The van der Waals surface area contributed by atoms with Crippen molar-refractivity contribution in [3.05, 3.63) is 83.9 Å². The number of hydrogen-bond donors (Lipinski definition) is 0. The van der Waals surface area contributed by atoms with Gasteiger partial charge in [-0.2, -0.15) is 8.42 Å². The molecule has 136 valence electrons. The highest BCUT2D eigenvalue weighted by atomic mass is 32.2. The number of para-hydroxylation sites is 1. The third kappa shape index (κ3) is 3.06. The summed E-state index contributed by atoms with van der Waals surface area (Å²) >= 11 is 0. The molecule has 0 aliphatic carbocycles. The van der Waals surface area contributed by atoms with Gasteiger partial charge in [0, 0.05) is 0 Å². The van der Waals surface area contributed by atoms with Crippen molar-refractivity contribution >= 4 is 32.6 Å². The van der Waals surface area contributed by atoms with Crippen LogP contribution in [0, 0.1) is 13.8 Å². The summed E-state index contributed by atoms with van der Waals surface area (Å²) in [6, 6.07) is 21.6. The van der Waals surface area contributed by atoms with Gasteiger partial charge in [0.05, 0.1) is 11.4 Å². The first-order chi connectivity index (χ1) is 13.0. The zero-order valence-corrected chi connectivity index (χ0v) is 15.8. The summed E-state index contributed by atoms with van der Waals surface area (Å²) in [4.78, 5) is 0. The minimum absolute atomic E-state index is 0.432. The molecule has 6 nitrogen and oxygen atoms in total. The molecule has 0 radical (unpaired) electrons. The van der Waals surface area contributed by atoms with Crippen molar-refractivity contribution in [2.45, 2.75) is 13.8 Å². The Morgan fingerprint density at radius 3 is 1.85 bits per heavy atom. The van der Waals surface area contributed by atoms with Crippen LogP contribution >= 0.6 is 0 Å². The quantitative estimate of drug-likeness (QED) is 0.539. The minimum atomic E-state index is -4.04. The van der Waals surface area contributed by atoms with Gasteiger partial charge in [-0.3, -0.25) is 0 Å². The second-order valence-corrected chi connectivity index (χ2v) is 7.97. The van der Waals surface area contributed by atoms with Gasteiger partial charge in [-0.05, 0) is 55.5 Å². The summed E-state index contributed by atoms with van der Waals surface area (Å²) in [5.41, 5.74) is 4.11. The molecule has 27 heavy (non-hydrogen) atoms. The maximum Gasteiger partial charge on any atom is 0.351 e. The predicted molar refractivity (Wildman–Crippen MR) is 106 cm³/mol. The first-order valence-electron chi connectivity index (χ1n) is 8.46. The molecule has 0 amide bonds. The summed E-state index contributed by atoms with van der Waals surface area (Å²) in [6.07, 6.45) is 0. The average Bonchev–Trinajstić information content (AvgIpc) is 3.10. The lowest BCUT2D eigenvalue weighted by Gasteiger charge is -2.24. The molecule has 0 aliphatic rings. The van der Waals surface area contributed by atoms with Gasteiger partial charge in [-0.25, -0.2) is 4.31 Å². The second-order valence-electron chi connectivity index (χ2n) is 6.36. The van der Waals surface area contributed by atoms with Gasteiger partial charge in [0.15, 0.2) is 0 Å². The molecule has 4 rings (SSSR count). The van der Waals surface area contributed by atoms with E-state index in [0.717, 1.165) is 15.2 Å². The number of nitrogens with zero attached hydrogens (tertiary/aromatic N) is 4. The van der Waals surface area contributed by atoms with Crippen LogP contribution < -0.4 is 4.31 Å². The number of benzene rings is 3. The molecule has 0 fully saturated rings. The fourth-order valence-corrected chi connectivity index (χ4v) is 4.33. The SMILES string of the molecule is Cc1ccc(N(c2ccc(C)cc2)S(=O)(=O)n2nnc3ccccc32)cc1. The zero-order chi connectivity index (χ0) is 19.0. The van der Waals surface area contributed by atoms with E-state index in [-0.39, 0.29) is 0 Å². The number of fused-ring (bicyclic) bond motifs is 1. The molecular formula is C20H18N4O2S. The molecule has 4 aromatic rings. The molecule has 0 atom stereocenters. The largest absolute Gasteiger partial charge is 0.351 e. The van der Waals surface area contributed by atoms with E-state index in [2.05, 4.69) is 10.3 Å². The van der Waals surface area contributed by atoms with Gasteiger partial charge in [-0.15, -0.1) is 9.19 Å². The minimum Gasteiger partial charge on any atom is -0.220 e. The molecule has 1 heterocycles. The summed E-state index contributed by atoms with van der Waals surface area (Å²) in [6.45, 7) is 3.92. The van der Waals surface area contributed by atoms with Gasteiger partial charge >= 0.3 is 10.2 Å². The van der Waals surface area contributed by atoms with Gasteiger partial charge in [-0.1, -0.05) is 47.5 Å². The molecule has 3 aromatic carbocycles. The molecular weight excluding hydrogens is 360 g/mol. The van der Waals surface area contributed by atoms with E-state index < -0.39 is 10.2 Å². The van der Waals surface area contributed by atoms with Crippen LogP contribution in [0.4, 0.5) is 11.4 Å². The van der Waals surface area contributed by atoms with E-state index in [9.17, 15) is 8.42 Å². The number of aromatic nitrogens is 3. The third-order valence-electron chi connectivity index (χ3n) is 4.31. The van der Waals surface area contributed by atoms with Crippen molar-refractivity contribution in [2.24, 2.45) is 0 Å². The van der Waals surface area contributed by atoms with E-state index in [1.165, 1.54) is 4.31 Å². The van der Waals surface area contributed by atoms with E-state index in [1.807, 2.05) is 38.1 Å². The van der Waals surface area contributed by atoms with E-state index in [0.29, 0.717) is 22.4 Å². The van der Waals surface area contributed by atoms with Crippen LogP contribution in [0.1, 0.15) is 11.1 Å². The second kappa shape index (κ2) is 6.51. The Balaban J connectivity index is 1.94. The first-order valence-corrected chi connectivity index (χ1v) is 9.86. The highest BCUT2D eigenvalue weighted by molar-refractivity contribution is 7.91. The Bertz CT molecular complexity index is 1150. The fourth-order valence-electron chi connectivity index (χ4n) is 2.87. The van der Waals surface area contributed by atoms with Gasteiger partial charge < -0.3 is 0 Å². The highest BCUT2D eigenvalue weighted by Crippen LogP contribution is 2.31. The molecule has 0 N–H and O–H groups in total. The Morgan fingerprint density at radius 2 is 1.30 bits per heavy atom. The summed E-state index contributed by atoms with van der Waals surface area (Å²) in [5, 5.41) is 7.90. The van der Waals surface area contributed by atoms with Crippen LogP contribution in [0.25, 0.3) is 11.0 Å². The lowest BCUT2D eigenvalue weighted by Crippen LogP contribution is -2.32. The van der Waals surface area contributed by atoms with Crippen LogP contribution in [0.5, 0.6) is 0 Å². The fraction of sp³-hybridized carbons (Fsp3) is 0.100. The van der Waals surface area contributed by atoms with E-state index >= 15 is 0 Å². The number of rotatable bonds is 4. The highest BCUT2D eigenvalue weighted by Gasteiger charge is 2.29. The summed E-state index contributed by atoms with van der Waals surface area (Å²) in [7, 11) is -4.04. The maximum absolute atomic E-state index is 13.6. The van der Waals surface area contributed by atoms with Crippen molar-refractivity contribution < 1.29 is 8.42 Å². The molecule has 0 spiro atoms. The van der Waals surface area contributed by atoms with Crippen LogP contribution in [0.15, 0.2) is 72.8 Å². The molecule has 0 saturated heterocycles. The Labute approximate surface area is 157 Å². The Hall–Kier alpha value is -3.19. The number of anilines is 2. The maximum atomic E-state index is 13.6. The molecule has 7 heteroatoms.